The Balaban J connectivity index is 1.70. The van der Waals surface area contributed by atoms with E-state index in [1.165, 1.54) is 6.33 Å². The normalized spacial score (nSPS) is 17.1. The molecule has 1 saturated heterocycles. The SMILES string of the molecule is CCN1C(=O)C(=O)N(C[NH+](C)[C@@H](C)c2ccc(-n3cncn3)cc2)C1=O. The standard InChI is InChI=1S/C17H20N6O3/c1-4-21-15(24)16(25)22(17(21)26)11-20(3)12(2)13-5-7-14(8-6-13)23-10-18-9-19-23/h5-10,12H,4,11H2,1-3H3/p+1/t12-/m0/s1. The number of benzene rings is 1. The third-order valence-corrected chi connectivity index (χ3v) is 4.67. The molecule has 1 aromatic carbocycles. The van der Waals surface area contributed by atoms with Crippen LogP contribution in [0.2, 0.25) is 0 Å². The monoisotopic (exact) mass is 357 g/mol. The van der Waals surface area contributed by atoms with Crippen molar-refractivity contribution in [1.82, 2.24) is 24.6 Å². The number of hydrogen-bond donors (Lipinski definition) is 1. The zero-order chi connectivity index (χ0) is 18.8. The number of rotatable bonds is 6. The minimum absolute atomic E-state index is 0.0196. The third kappa shape index (κ3) is 3.08. The number of nitrogens with one attached hydrogen (secondary N) is 1. The molecule has 2 aromatic rings. The molecule has 2 heterocycles. The van der Waals surface area contributed by atoms with E-state index in [1.807, 2.05) is 38.2 Å². The van der Waals surface area contributed by atoms with Gasteiger partial charge in [0.05, 0.1) is 12.7 Å². The first-order valence-corrected chi connectivity index (χ1v) is 8.38. The number of aromatic nitrogens is 3. The van der Waals surface area contributed by atoms with Gasteiger partial charge in [-0.05, 0) is 26.0 Å². The molecule has 1 N–H and O–H groups in total. The van der Waals surface area contributed by atoms with Crippen molar-refractivity contribution in [1.29, 1.82) is 0 Å². The second-order valence-corrected chi connectivity index (χ2v) is 6.22. The first-order chi connectivity index (χ1) is 12.4. The van der Waals surface area contributed by atoms with Gasteiger partial charge in [0.2, 0.25) is 0 Å². The van der Waals surface area contributed by atoms with E-state index >= 15 is 0 Å². The van der Waals surface area contributed by atoms with Gasteiger partial charge >= 0.3 is 17.8 Å². The Labute approximate surface area is 150 Å². The Morgan fingerprint density at radius 1 is 1.08 bits per heavy atom. The smallest absolute Gasteiger partial charge is 0.314 e. The van der Waals surface area contributed by atoms with Crippen molar-refractivity contribution in [3.8, 4) is 5.69 Å². The highest BCUT2D eigenvalue weighted by atomic mass is 16.2. The van der Waals surface area contributed by atoms with Gasteiger partial charge in [-0.1, -0.05) is 12.1 Å². The molecular weight excluding hydrogens is 336 g/mol. The van der Waals surface area contributed by atoms with Crippen LogP contribution in [0.3, 0.4) is 0 Å². The maximum absolute atomic E-state index is 12.2. The van der Waals surface area contributed by atoms with Crippen LogP contribution in [0, 0.1) is 0 Å². The van der Waals surface area contributed by atoms with Crippen LogP contribution in [-0.4, -0.2) is 62.7 Å². The fraction of sp³-hybridized carbons (Fsp3) is 0.353. The Bertz CT molecular complexity index is 818. The lowest BCUT2D eigenvalue weighted by atomic mass is 10.1. The van der Waals surface area contributed by atoms with Gasteiger partial charge in [0.1, 0.15) is 18.7 Å². The number of nitrogens with zero attached hydrogens (tertiary/aromatic N) is 5. The Morgan fingerprint density at radius 2 is 1.73 bits per heavy atom. The van der Waals surface area contributed by atoms with Crippen LogP contribution in [-0.2, 0) is 9.59 Å². The Kier molecular flexibility index (Phi) is 4.81. The molecule has 136 valence electrons. The van der Waals surface area contributed by atoms with E-state index in [0.29, 0.717) is 0 Å². The van der Waals surface area contributed by atoms with Crippen LogP contribution in [0.5, 0.6) is 0 Å². The third-order valence-electron chi connectivity index (χ3n) is 4.67. The molecule has 9 nitrogen and oxygen atoms in total. The highest BCUT2D eigenvalue weighted by Crippen LogP contribution is 2.14. The molecule has 9 heteroatoms. The number of carbonyl (C=O) groups excluding carboxylic acids is 3. The number of likely N-dealkylation sites (N-methyl/N-ethyl adjacent to an activating group) is 1. The summed E-state index contributed by atoms with van der Waals surface area (Å²) in [4.78, 5) is 42.9. The van der Waals surface area contributed by atoms with Crippen LogP contribution < -0.4 is 4.90 Å². The molecule has 26 heavy (non-hydrogen) atoms. The van der Waals surface area contributed by atoms with E-state index < -0.39 is 17.8 Å². The molecule has 0 aliphatic carbocycles. The van der Waals surface area contributed by atoms with E-state index in [1.54, 1.807) is 17.9 Å². The van der Waals surface area contributed by atoms with E-state index in [2.05, 4.69) is 10.1 Å². The van der Waals surface area contributed by atoms with Crippen LogP contribution in [0.1, 0.15) is 25.5 Å². The minimum atomic E-state index is -0.759. The summed E-state index contributed by atoms with van der Waals surface area (Å²) in [5.74, 6) is -1.51. The van der Waals surface area contributed by atoms with Crippen molar-refractivity contribution >= 4 is 17.8 Å². The quantitative estimate of drug-likeness (QED) is 0.562. The maximum atomic E-state index is 12.2. The van der Waals surface area contributed by atoms with Crippen molar-refractivity contribution in [3.05, 3.63) is 42.5 Å². The van der Waals surface area contributed by atoms with Crippen LogP contribution in [0.4, 0.5) is 4.79 Å². The summed E-state index contributed by atoms with van der Waals surface area (Å²) in [6, 6.07) is 7.29. The molecule has 1 aromatic heterocycles. The van der Waals surface area contributed by atoms with Gasteiger partial charge < -0.3 is 4.90 Å². The predicted molar refractivity (Wildman–Crippen MR) is 91.2 cm³/mol. The van der Waals surface area contributed by atoms with Gasteiger partial charge in [-0.2, -0.15) is 5.10 Å². The van der Waals surface area contributed by atoms with Gasteiger partial charge in [0, 0.05) is 12.1 Å². The summed E-state index contributed by atoms with van der Waals surface area (Å²) < 4.78 is 1.66. The summed E-state index contributed by atoms with van der Waals surface area (Å²) in [6.45, 7) is 4.00. The molecule has 1 fully saturated rings. The summed E-state index contributed by atoms with van der Waals surface area (Å²) in [6.07, 6.45) is 3.09. The van der Waals surface area contributed by atoms with E-state index in [9.17, 15) is 14.4 Å². The summed E-state index contributed by atoms with van der Waals surface area (Å²) in [5.41, 5.74) is 1.94. The number of imide groups is 2. The van der Waals surface area contributed by atoms with Crippen molar-refractivity contribution in [2.24, 2.45) is 0 Å². The molecule has 3 rings (SSSR count). The zero-order valence-corrected chi connectivity index (χ0v) is 14.9. The number of hydrogen-bond acceptors (Lipinski definition) is 5. The highest BCUT2D eigenvalue weighted by molar-refractivity contribution is 6.44. The summed E-state index contributed by atoms with van der Waals surface area (Å²) in [5, 5.41) is 4.09. The maximum Gasteiger partial charge on any atom is 0.338 e. The second-order valence-electron chi connectivity index (χ2n) is 6.22. The number of amides is 4. The van der Waals surface area contributed by atoms with Crippen LogP contribution >= 0.6 is 0 Å². The average Bonchev–Trinajstić information content (AvgIpc) is 3.25. The number of quaternary nitrogens is 1. The summed E-state index contributed by atoms with van der Waals surface area (Å²) >= 11 is 0. The van der Waals surface area contributed by atoms with E-state index in [0.717, 1.165) is 26.0 Å². The average molecular weight is 357 g/mol. The Morgan fingerprint density at radius 3 is 2.27 bits per heavy atom. The van der Waals surface area contributed by atoms with Gasteiger partial charge in [0.25, 0.3) is 0 Å². The lowest BCUT2D eigenvalue weighted by molar-refractivity contribution is -0.917. The highest BCUT2D eigenvalue weighted by Gasteiger charge is 2.45. The largest absolute Gasteiger partial charge is 0.338 e. The van der Waals surface area contributed by atoms with Gasteiger partial charge in [-0.25, -0.2) is 19.4 Å². The van der Waals surface area contributed by atoms with Crippen molar-refractivity contribution in [2.75, 3.05) is 20.3 Å². The van der Waals surface area contributed by atoms with Gasteiger partial charge in [0.15, 0.2) is 6.67 Å². The van der Waals surface area contributed by atoms with Crippen LogP contribution in [0.25, 0.3) is 5.69 Å². The molecule has 2 atom stereocenters. The lowest BCUT2D eigenvalue weighted by Crippen LogP contribution is -3.10. The zero-order valence-electron chi connectivity index (χ0n) is 14.9. The van der Waals surface area contributed by atoms with Crippen molar-refractivity contribution < 1.29 is 19.3 Å². The lowest BCUT2D eigenvalue weighted by Gasteiger charge is -2.25. The number of urea groups is 1. The van der Waals surface area contributed by atoms with Crippen LogP contribution in [0.15, 0.2) is 36.9 Å². The molecule has 0 spiro atoms. The topological polar surface area (TPSA) is 92.8 Å². The second kappa shape index (κ2) is 7.04. The van der Waals surface area contributed by atoms with Gasteiger partial charge in [-0.3, -0.25) is 14.5 Å². The minimum Gasteiger partial charge on any atom is -0.314 e. The van der Waals surface area contributed by atoms with Gasteiger partial charge in [-0.15, -0.1) is 0 Å². The van der Waals surface area contributed by atoms with E-state index in [4.69, 9.17) is 0 Å². The molecule has 1 aliphatic heterocycles. The fourth-order valence-electron chi connectivity index (χ4n) is 2.90. The van der Waals surface area contributed by atoms with Crippen molar-refractivity contribution in [2.45, 2.75) is 19.9 Å². The first-order valence-electron chi connectivity index (χ1n) is 8.38. The molecule has 1 unspecified atom stereocenters. The molecule has 0 saturated carbocycles. The number of carbonyl (C=O) groups is 3. The summed E-state index contributed by atoms with van der Waals surface area (Å²) in [7, 11) is 1.88. The molecule has 4 amide bonds. The molecule has 1 aliphatic rings. The predicted octanol–water partition coefficient (Wildman–Crippen LogP) is -0.389. The molecule has 0 radical (unpaired) electrons. The van der Waals surface area contributed by atoms with E-state index in [-0.39, 0.29) is 19.3 Å². The first kappa shape index (κ1) is 17.7. The Hall–Kier alpha value is -3.07. The molecule has 0 bridgehead atoms. The van der Waals surface area contributed by atoms with Crippen molar-refractivity contribution in [3.63, 3.8) is 0 Å². The molecular formula is C17H21N6O3+. The fourth-order valence-corrected chi connectivity index (χ4v) is 2.90.